The monoisotopic (exact) mass is 520 g/mol. The molecule has 0 saturated heterocycles. The number of fused-ring (bicyclic) bond motifs is 2. The third-order valence-electron chi connectivity index (χ3n) is 6.46. The molecule has 4 aromatic rings. The first-order chi connectivity index (χ1) is 17.3. The van der Waals surface area contributed by atoms with Crippen LogP contribution in [0, 0.1) is 5.82 Å². The van der Waals surface area contributed by atoms with E-state index in [-0.39, 0.29) is 34.2 Å². The Bertz CT molecular complexity index is 1530. The van der Waals surface area contributed by atoms with Crippen molar-refractivity contribution in [3.63, 3.8) is 0 Å². The van der Waals surface area contributed by atoms with Crippen LogP contribution in [0.15, 0.2) is 48.5 Å². The van der Waals surface area contributed by atoms with Crippen LogP contribution in [0.1, 0.15) is 30.2 Å². The Labute approximate surface area is 205 Å². The predicted octanol–water partition coefficient (Wildman–Crippen LogP) is 4.93. The van der Waals surface area contributed by atoms with Gasteiger partial charge >= 0.3 is 12.1 Å². The van der Waals surface area contributed by atoms with E-state index in [0.717, 1.165) is 16.8 Å². The van der Waals surface area contributed by atoms with E-state index in [1.54, 1.807) is 37.3 Å². The number of nitrogens with one attached hydrogen (secondary N) is 1. The third kappa shape index (κ3) is 3.85. The van der Waals surface area contributed by atoms with Gasteiger partial charge in [0.05, 0.1) is 16.8 Å². The number of nitrogen functional groups attached to an aromatic ring is 1. The van der Waals surface area contributed by atoms with Gasteiger partial charge < -0.3 is 11.1 Å². The molecule has 2 aromatic heterocycles. The number of nitrogens with zero attached hydrogens (tertiary/aromatic N) is 4. The van der Waals surface area contributed by atoms with Crippen LogP contribution in [0.25, 0.3) is 16.9 Å². The highest BCUT2D eigenvalue weighted by molar-refractivity contribution is 6.09. The Morgan fingerprint density at radius 2 is 1.76 bits per heavy atom. The number of anilines is 2. The predicted molar refractivity (Wildman–Crippen MR) is 122 cm³/mol. The maximum absolute atomic E-state index is 14.0. The van der Waals surface area contributed by atoms with Gasteiger partial charge in [0.15, 0.2) is 0 Å². The van der Waals surface area contributed by atoms with Crippen LogP contribution < -0.4 is 11.1 Å². The summed E-state index contributed by atoms with van der Waals surface area (Å²) in [5.74, 6) is -6.27. The molecule has 1 atom stereocenters. The number of hydrogen-bond donors (Lipinski definition) is 2. The normalized spacial score (nSPS) is 17.8. The van der Waals surface area contributed by atoms with E-state index in [0.29, 0.717) is 11.1 Å². The zero-order valence-electron chi connectivity index (χ0n) is 19.1. The van der Waals surface area contributed by atoms with E-state index >= 15 is 0 Å². The van der Waals surface area contributed by atoms with E-state index < -0.39 is 42.1 Å². The average molecular weight is 520 g/mol. The summed E-state index contributed by atoms with van der Waals surface area (Å²) in [4.78, 5) is 21.6. The smallest absolute Gasteiger partial charge is 0.383 e. The lowest BCUT2D eigenvalue weighted by Crippen LogP contribution is -2.36. The molecule has 192 valence electrons. The van der Waals surface area contributed by atoms with E-state index in [4.69, 9.17) is 5.73 Å². The number of hydrogen-bond acceptors (Lipinski definition) is 5. The summed E-state index contributed by atoms with van der Waals surface area (Å²) >= 11 is 0. The van der Waals surface area contributed by atoms with Gasteiger partial charge in [-0.25, -0.2) is 4.39 Å². The van der Waals surface area contributed by atoms with Crippen molar-refractivity contribution in [3.05, 3.63) is 71.2 Å². The first-order valence-electron chi connectivity index (χ1n) is 11.0. The van der Waals surface area contributed by atoms with Crippen LogP contribution in [0.2, 0.25) is 0 Å². The second-order valence-corrected chi connectivity index (χ2v) is 8.80. The lowest BCUT2D eigenvalue weighted by Gasteiger charge is -2.23. The number of aryl methyl sites for hydroxylation is 1. The number of carbonyl (C=O) groups is 1. The number of aromatic nitrogens is 4. The van der Waals surface area contributed by atoms with Crippen LogP contribution >= 0.6 is 0 Å². The topological polar surface area (TPSA) is 98.7 Å². The molecule has 0 saturated carbocycles. The standard InChI is InChI=1S/C24H18F6N6O/c1-22(12-5-3-2-4-6-12)17-18(31)32-21(34-19(17)33-20(22)37)36-16-8-7-13(25)11-14(16)15(35-36)9-10-23(26,27)24(28,29)30/h2-8,11H,9-10H2,1H3,(H3,31,32,33,34,37). The Morgan fingerprint density at radius 3 is 2.43 bits per heavy atom. The molecular formula is C24H18F6N6O. The lowest BCUT2D eigenvalue weighted by molar-refractivity contribution is -0.284. The lowest BCUT2D eigenvalue weighted by atomic mass is 9.78. The second-order valence-electron chi connectivity index (χ2n) is 8.80. The maximum atomic E-state index is 14.0. The van der Waals surface area contributed by atoms with Gasteiger partial charge in [-0.1, -0.05) is 30.3 Å². The molecule has 2 aromatic carbocycles. The van der Waals surface area contributed by atoms with Gasteiger partial charge in [-0.2, -0.15) is 41.7 Å². The SMILES string of the molecule is CC1(c2ccccc2)C(=O)Nc2nc(-n3nc(CCC(F)(F)C(F)(F)F)c4cc(F)ccc43)nc(N)c21. The summed E-state index contributed by atoms with van der Waals surface area (Å²) in [5.41, 5.74) is 5.95. The molecule has 0 fully saturated rings. The molecule has 0 radical (unpaired) electrons. The molecule has 1 unspecified atom stereocenters. The first-order valence-corrected chi connectivity index (χ1v) is 11.0. The zero-order valence-corrected chi connectivity index (χ0v) is 19.1. The molecule has 1 aliphatic heterocycles. The Kier molecular flexibility index (Phi) is 5.42. The molecule has 7 nitrogen and oxygen atoms in total. The number of halogens is 6. The fraction of sp³-hybridized carbons (Fsp3) is 0.250. The van der Waals surface area contributed by atoms with Crippen molar-refractivity contribution >= 4 is 28.4 Å². The van der Waals surface area contributed by atoms with Gasteiger partial charge in [0, 0.05) is 11.8 Å². The number of amides is 1. The highest BCUT2D eigenvalue weighted by atomic mass is 19.4. The van der Waals surface area contributed by atoms with Gasteiger partial charge in [-0.15, -0.1) is 0 Å². The fourth-order valence-electron chi connectivity index (χ4n) is 4.44. The van der Waals surface area contributed by atoms with Crippen molar-refractivity contribution in [2.75, 3.05) is 11.1 Å². The van der Waals surface area contributed by atoms with E-state index in [1.165, 1.54) is 6.07 Å². The Hall–Kier alpha value is -4.16. The minimum Gasteiger partial charge on any atom is -0.383 e. The highest BCUT2D eigenvalue weighted by Gasteiger charge is 2.56. The molecule has 1 amide bonds. The van der Waals surface area contributed by atoms with E-state index in [1.807, 2.05) is 0 Å². The van der Waals surface area contributed by atoms with Crippen molar-refractivity contribution in [2.24, 2.45) is 0 Å². The molecule has 3 N–H and O–H groups in total. The van der Waals surface area contributed by atoms with Crippen molar-refractivity contribution in [3.8, 4) is 5.95 Å². The first kappa shape index (κ1) is 24.5. The van der Waals surface area contributed by atoms with Gasteiger partial charge in [-0.05, 0) is 37.1 Å². The molecule has 5 rings (SSSR count). The summed E-state index contributed by atoms with van der Waals surface area (Å²) in [5, 5.41) is 6.80. The van der Waals surface area contributed by atoms with Gasteiger partial charge in [0.2, 0.25) is 5.91 Å². The van der Waals surface area contributed by atoms with Crippen LogP contribution in [-0.4, -0.2) is 37.8 Å². The average Bonchev–Trinajstić information content (AvgIpc) is 3.32. The largest absolute Gasteiger partial charge is 0.453 e. The molecule has 0 aliphatic carbocycles. The molecular weight excluding hydrogens is 502 g/mol. The van der Waals surface area contributed by atoms with Gasteiger partial charge in [0.1, 0.15) is 22.9 Å². The van der Waals surface area contributed by atoms with Crippen molar-refractivity contribution in [1.29, 1.82) is 0 Å². The quantitative estimate of drug-likeness (QED) is 0.364. The molecule has 0 spiro atoms. The molecule has 37 heavy (non-hydrogen) atoms. The second kappa shape index (κ2) is 8.18. The van der Waals surface area contributed by atoms with Crippen LogP contribution in [0.4, 0.5) is 38.0 Å². The summed E-state index contributed by atoms with van der Waals surface area (Å²) in [6.07, 6.45) is -8.13. The minimum atomic E-state index is -5.74. The highest BCUT2D eigenvalue weighted by Crippen LogP contribution is 2.44. The molecule has 13 heteroatoms. The number of carbonyl (C=O) groups excluding carboxylic acids is 1. The molecule has 1 aliphatic rings. The Morgan fingerprint density at radius 1 is 1.05 bits per heavy atom. The van der Waals surface area contributed by atoms with Gasteiger partial charge in [-0.3, -0.25) is 4.79 Å². The third-order valence-corrected chi connectivity index (χ3v) is 6.46. The fourth-order valence-corrected chi connectivity index (χ4v) is 4.44. The molecule has 3 heterocycles. The minimum absolute atomic E-state index is 0.0128. The van der Waals surface area contributed by atoms with Crippen LogP contribution in [0.5, 0.6) is 0 Å². The van der Waals surface area contributed by atoms with Crippen molar-refractivity contribution in [1.82, 2.24) is 19.7 Å². The van der Waals surface area contributed by atoms with E-state index in [2.05, 4.69) is 20.4 Å². The number of benzene rings is 2. The van der Waals surface area contributed by atoms with Crippen molar-refractivity contribution in [2.45, 2.75) is 37.3 Å². The number of nitrogens with two attached hydrogens (primary N) is 1. The summed E-state index contributed by atoms with van der Waals surface area (Å²) < 4.78 is 80.2. The number of alkyl halides is 5. The summed E-state index contributed by atoms with van der Waals surface area (Å²) in [6.45, 7) is 1.66. The van der Waals surface area contributed by atoms with Gasteiger partial charge in [0.25, 0.3) is 5.95 Å². The van der Waals surface area contributed by atoms with Crippen LogP contribution in [0.3, 0.4) is 0 Å². The molecule has 0 bridgehead atoms. The zero-order chi connectivity index (χ0) is 26.8. The summed E-state index contributed by atoms with van der Waals surface area (Å²) in [7, 11) is 0. The van der Waals surface area contributed by atoms with Crippen molar-refractivity contribution < 1.29 is 31.1 Å². The van der Waals surface area contributed by atoms with E-state index in [9.17, 15) is 31.1 Å². The maximum Gasteiger partial charge on any atom is 0.453 e. The Balaban J connectivity index is 1.61. The summed E-state index contributed by atoms with van der Waals surface area (Å²) in [6, 6.07) is 12.1. The van der Waals surface area contributed by atoms with Crippen LogP contribution in [-0.2, 0) is 16.6 Å². The number of rotatable bonds is 5.